The molecular weight excluding hydrogens is 232 g/mol. The Kier molecular flexibility index (Phi) is 2.95. The third-order valence-corrected chi connectivity index (χ3v) is 2.95. The highest BCUT2D eigenvalue weighted by atomic mass is 19.2. The van der Waals surface area contributed by atoms with Crippen molar-refractivity contribution in [2.24, 2.45) is 0 Å². The van der Waals surface area contributed by atoms with Crippen molar-refractivity contribution < 1.29 is 23.4 Å². The van der Waals surface area contributed by atoms with Gasteiger partial charge in [-0.25, -0.2) is 18.6 Å². The Labute approximate surface area is 96.2 Å². The van der Waals surface area contributed by atoms with Gasteiger partial charge < -0.3 is 9.84 Å². The monoisotopic (exact) mass is 243 g/mol. The molecule has 1 heterocycles. The first-order valence-electron chi connectivity index (χ1n) is 5.10. The molecule has 4 nitrogen and oxygen atoms in total. The lowest BCUT2D eigenvalue weighted by Crippen LogP contribution is -2.38. The van der Waals surface area contributed by atoms with Crippen LogP contribution in [0.2, 0.25) is 0 Å². The van der Waals surface area contributed by atoms with Crippen LogP contribution < -0.4 is 4.74 Å². The third kappa shape index (κ3) is 1.83. The Hall–Kier alpha value is -1.72. The van der Waals surface area contributed by atoms with Crippen LogP contribution in [0.3, 0.4) is 0 Å². The number of alkyl halides is 2. The van der Waals surface area contributed by atoms with Gasteiger partial charge in [0.25, 0.3) is 0 Å². The first-order valence-corrected chi connectivity index (χ1v) is 5.10. The second kappa shape index (κ2) is 4.27. The van der Waals surface area contributed by atoms with E-state index in [1.165, 1.54) is 19.4 Å². The fraction of sp³-hybridized carbons (Fsp3) is 0.455. The summed E-state index contributed by atoms with van der Waals surface area (Å²) >= 11 is 0. The highest BCUT2D eigenvalue weighted by molar-refractivity contribution is 5.89. The number of methoxy groups -OCH3 is 1. The summed E-state index contributed by atoms with van der Waals surface area (Å²) in [5.41, 5.74) is 0.0841. The van der Waals surface area contributed by atoms with Crippen molar-refractivity contribution in [3.8, 4) is 5.75 Å². The summed E-state index contributed by atoms with van der Waals surface area (Å²) in [5.74, 6) is -1.89. The van der Waals surface area contributed by atoms with Crippen molar-refractivity contribution >= 4 is 5.97 Å². The zero-order valence-corrected chi connectivity index (χ0v) is 9.06. The summed E-state index contributed by atoms with van der Waals surface area (Å²) in [4.78, 5) is 14.6. The molecule has 0 aliphatic heterocycles. The Morgan fingerprint density at radius 2 is 2.29 bits per heavy atom. The summed E-state index contributed by atoms with van der Waals surface area (Å²) in [6.45, 7) is 0. The largest absolute Gasteiger partial charge is 0.494 e. The van der Waals surface area contributed by atoms with Crippen LogP contribution in [0.4, 0.5) is 8.78 Å². The molecule has 0 saturated heterocycles. The molecule has 1 aromatic rings. The number of hydrogen-bond acceptors (Lipinski definition) is 3. The van der Waals surface area contributed by atoms with Crippen molar-refractivity contribution in [1.82, 2.24) is 4.98 Å². The number of carboxylic acid groups (broad SMARTS) is 1. The number of rotatable bonds is 3. The van der Waals surface area contributed by atoms with Gasteiger partial charge in [0.05, 0.1) is 7.11 Å². The van der Waals surface area contributed by atoms with E-state index in [1.807, 2.05) is 0 Å². The topological polar surface area (TPSA) is 59.4 Å². The smallest absolute Gasteiger partial charge is 0.358 e. The minimum Gasteiger partial charge on any atom is -0.494 e. The van der Waals surface area contributed by atoms with E-state index < -0.39 is 24.2 Å². The zero-order chi connectivity index (χ0) is 12.6. The summed E-state index contributed by atoms with van der Waals surface area (Å²) in [6.07, 6.45) is -1.78. The molecule has 1 N–H and O–H groups in total. The third-order valence-electron chi connectivity index (χ3n) is 2.95. The molecule has 2 rings (SSSR count). The number of pyridine rings is 1. The number of hydrogen-bond donors (Lipinski definition) is 1. The zero-order valence-electron chi connectivity index (χ0n) is 9.06. The Bertz CT molecular complexity index is 452. The van der Waals surface area contributed by atoms with Crippen molar-refractivity contribution in [2.45, 2.75) is 24.7 Å². The molecule has 0 amide bonds. The standard InChI is InChI=1S/C11H11F2NO3/c1-17-10-5(6-4-7(12)8(6)13)2-3-14-9(10)11(15)16/h2-3,6-8H,4H2,1H3,(H,15,16). The number of carbonyl (C=O) groups is 1. The summed E-state index contributed by atoms with van der Waals surface area (Å²) in [6, 6.07) is 1.47. The fourth-order valence-corrected chi connectivity index (χ4v) is 1.98. The molecule has 1 aromatic heterocycles. The second-order valence-corrected chi connectivity index (χ2v) is 3.89. The lowest BCUT2D eigenvalue weighted by molar-refractivity contribution is 0.0415. The number of halogens is 2. The normalized spacial score (nSPS) is 27.4. The molecule has 3 unspecified atom stereocenters. The predicted octanol–water partition coefficient (Wildman–Crippen LogP) is 1.95. The summed E-state index contributed by atoms with van der Waals surface area (Å²) in [5, 5.41) is 8.90. The number of carboxylic acids is 1. The quantitative estimate of drug-likeness (QED) is 0.881. The molecule has 17 heavy (non-hydrogen) atoms. The second-order valence-electron chi connectivity index (χ2n) is 3.89. The maximum Gasteiger partial charge on any atom is 0.358 e. The van der Waals surface area contributed by atoms with E-state index in [0.29, 0.717) is 5.56 Å². The molecule has 1 saturated carbocycles. The van der Waals surface area contributed by atoms with Gasteiger partial charge in [-0.05, 0) is 12.5 Å². The maximum atomic E-state index is 13.3. The van der Waals surface area contributed by atoms with Gasteiger partial charge in [0.1, 0.15) is 12.3 Å². The van der Waals surface area contributed by atoms with Gasteiger partial charge in [-0.1, -0.05) is 0 Å². The van der Waals surface area contributed by atoms with Gasteiger partial charge in [-0.2, -0.15) is 0 Å². The minimum atomic E-state index is -1.60. The number of nitrogens with zero attached hydrogens (tertiary/aromatic N) is 1. The maximum absolute atomic E-state index is 13.3. The fourth-order valence-electron chi connectivity index (χ4n) is 1.98. The van der Waals surface area contributed by atoms with E-state index in [9.17, 15) is 13.6 Å². The molecular formula is C11H11F2NO3. The number of aromatic nitrogens is 1. The van der Waals surface area contributed by atoms with E-state index in [2.05, 4.69) is 4.98 Å². The van der Waals surface area contributed by atoms with Gasteiger partial charge in [-0.3, -0.25) is 0 Å². The van der Waals surface area contributed by atoms with Gasteiger partial charge in [0.15, 0.2) is 11.4 Å². The Morgan fingerprint density at radius 1 is 1.59 bits per heavy atom. The molecule has 0 bridgehead atoms. The highest BCUT2D eigenvalue weighted by Crippen LogP contribution is 2.45. The highest BCUT2D eigenvalue weighted by Gasteiger charge is 2.44. The van der Waals surface area contributed by atoms with E-state index in [4.69, 9.17) is 9.84 Å². The van der Waals surface area contributed by atoms with Gasteiger partial charge in [0.2, 0.25) is 0 Å². The number of ether oxygens (including phenoxy) is 1. The van der Waals surface area contributed by atoms with Crippen molar-refractivity contribution in [3.63, 3.8) is 0 Å². The molecule has 0 spiro atoms. The predicted molar refractivity (Wildman–Crippen MR) is 54.9 cm³/mol. The van der Waals surface area contributed by atoms with Crippen LogP contribution >= 0.6 is 0 Å². The molecule has 3 atom stereocenters. The van der Waals surface area contributed by atoms with Crippen LogP contribution in [0.1, 0.15) is 28.4 Å². The average Bonchev–Trinajstić information content (AvgIpc) is 2.34. The van der Waals surface area contributed by atoms with Crippen molar-refractivity contribution in [1.29, 1.82) is 0 Å². The molecule has 1 aliphatic carbocycles. The van der Waals surface area contributed by atoms with E-state index in [-0.39, 0.29) is 17.9 Å². The Morgan fingerprint density at radius 3 is 2.76 bits per heavy atom. The molecule has 1 fully saturated rings. The lowest BCUT2D eigenvalue weighted by atomic mass is 9.76. The van der Waals surface area contributed by atoms with Gasteiger partial charge in [-0.15, -0.1) is 0 Å². The van der Waals surface area contributed by atoms with E-state index in [0.717, 1.165) is 0 Å². The van der Waals surface area contributed by atoms with Crippen LogP contribution in [0, 0.1) is 0 Å². The first kappa shape index (κ1) is 11.8. The molecule has 0 radical (unpaired) electrons. The molecule has 6 heteroatoms. The van der Waals surface area contributed by atoms with E-state index in [1.54, 1.807) is 0 Å². The summed E-state index contributed by atoms with van der Waals surface area (Å²) in [7, 11) is 1.28. The van der Waals surface area contributed by atoms with Crippen LogP contribution in [-0.4, -0.2) is 35.5 Å². The van der Waals surface area contributed by atoms with Gasteiger partial charge >= 0.3 is 5.97 Å². The van der Waals surface area contributed by atoms with Crippen LogP contribution in [-0.2, 0) is 0 Å². The summed E-state index contributed by atoms with van der Waals surface area (Å²) < 4.78 is 31.1. The van der Waals surface area contributed by atoms with Crippen LogP contribution in [0.25, 0.3) is 0 Å². The Balaban J connectivity index is 2.41. The van der Waals surface area contributed by atoms with Crippen molar-refractivity contribution in [3.05, 3.63) is 23.5 Å². The van der Waals surface area contributed by atoms with Gasteiger partial charge in [0, 0.05) is 17.7 Å². The van der Waals surface area contributed by atoms with Crippen LogP contribution in [0.15, 0.2) is 12.3 Å². The molecule has 92 valence electrons. The molecule has 1 aliphatic rings. The first-order chi connectivity index (χ1) is 8.06. The average molecular weight is 243 g/mol. The minimum absolute atomic E-state index is 0.0135. The molecule has 0 aromatic carbocycles. The lowest BCUT2D eigenvalue weighted by Gasteiger charge is -2.35. The SMILES string of the molecule is COc1c(C2CC(F)C2F)ccnc1C(=O)O. The van der Waals surface area contributed by atoms with Crippen molar-refractivity contribution in [2.75, 3.05) is 7.11 Å². The van der Waals surface area contributed by atoms with Crippen LogP contribution in [0.5, 0.6) is 5.75 Å². The van der Waals surface area contributed by atoms with E-state index >= 15 is 0 Å². The number of aromatic carboxylic acids is 1.